The highest BCUT2D eigenvalue weighted by atomic mass is 19.1. The Morgan fingerprint density at radius 2 is 2.12 bits per heavy atom. The molecule has 1 aromatic carbocycles. The quantitative estimate of drug-likeness (QED) is 0.836. The molecule has 0 aliphatic heterocycles. The van der Waals surface area contributed by atoms with Crippen molar-refractivity contribution in [1.82, 2.24) is 0 Å². The Morgan fingerprint density at radius 1 is 1.44 bits per heavy atom. The number of benzene rings is 1. The van der Waals surface area contributed by atoms with Gasteiger partial charge < -0.3 is 10.5 Å². The number of methoxy groups -OCH3 is 1. The molecule has 90 valence electrons. The number of aryl methyl sites for hydroxylation is 1. The lowest BCUT2D eigenvalue weighted by Crippen LogP contribution is -2.05. The van der Waals surface area contributed by atoms with E-state index >= 15 is 0 Å². The molecule has 0 fully saturated rings. The third kappa shape index (κ3) is 2.53. The molecule has 0 aromatic heterocycles. The molecule has 0 saturated heterocycles. The highest BCUT2D eigenvalue weighted by Gasteiger charge is 2.14. The van der Waals surface area contributed by atoms with Crippen LogP contribution in [0, 0.1) is 12.7 Å². The predicted octanol–water partition coefficient (Wildman–Crippen LogP) is 2.60. The van der Waals surface area contributed by atoms with E-state index in [0.29, 0.717) is 17.9 Å². The van der Waals surface area contributed by atoms with Crippen molar-refractivity contribution < 1.29 is 9.13 Å². The predicted molar refractivity (Wildman–Crippen MR) is 64.4 cm³/mol. The van der Waals surface area contributed by atoms with Gasteiger partial charge in [0.25, 0.3) is 0 Å². The van der Waals surface area contributed by atoms with E-state index in [1.54, 1.807) is 20.1 Å². The molecule has 2 N–H and O–H groups in total. The minimum atomic E-state index is -0.193. The van der Waals surface area contributed by atoms with Gasteiger partial charge in [0.2, 0.25) is 0 Å². The van der Waals surface area contributed by atoms with Crippen LogP contribution in [0.3, 0.4) is 0 Å². The molecule has 3 heteroatoms. The lowest BCUT2D eigenvalue weighted by molar-refractivity contribution is 0.401. The molecular formula is C13H20FNO. The van der Waals surface area contributed by atoms with Gasteiger partial charge in [0.05, 0.1) is 7.11 Å². The second-order valence-corrected chi connectivity index (χ2v) is 3.90. The van der Waals surface area contributed by atoms with Crippen molar-refractivity contribution in [1.29, 1.82) is 0 Å². The van der Waals surface area contributed by atoms with Gasteiger partial charge in [-0.25, -0.2) is 4.39 Å². The molecule has 0 amide bonds. The van der Waals surface area contributed by atoms with Gasteiger partial charge >= 0.3 is 0 Å². The van der Waals surface area contributed by atoms with Crippen molar-refractivity contribution in [3.8, 4) is 5.75 Å². The SMILES string of the molecule is CCc1c(CCCN)cc(F)c(C)c1OC. The highest BCUT2D eigenvalue weighted by Crippen LogP contribution is 2.30. The minimum Gasteiger partial charge on any atom is -0.496 e. The molecule has 0 bridgehead atoms. The molecule has 2 nitrogen and oxygen atoms in total. The molecule has 0 atom stereocenters. The van der Waals surface area contributed by atoms with Crippen molar-refractivity contribution in [3.63, 3.8) is 0 Å². The van der Waals surface area contributed by atoms with Crippen LogP contribution in [0.2, 0.25) is 0 Å². The molecule has 1 rings (SSSR count). The molecule has 1 aromatic rings. The Labute approximate surface area is 96.6 Å². The average molecular weight is 225 g/mol. The first-order chi connectivity index (χ1) is 7.65. The summed E-state index contributed by atoms with van der Waals surface area (Å²) in [5.41, 5.74) is 8.20. The zero-order valence-corrected chi connectivity index (χ0v) is 10.3. The molecule has 0 heterocycles. The van der Waals surface area contributed by atoms with Crippen LogP contribution in [0.4, 0.5) is 4.39 Å². The lowest BCUT2D eigenvalue weighted by atomic mass is 9.96. The van der Waals surface area contributed by atoms with Crippen LogP contribution in [-0.2, 0) is 12.8 Å². The van der Waals surface area contributed by atoms with E-state index < -0.39 is 0 Å². The van der Waals surface area contributed by atoms with Crippen molar-refractivity contribution in [2.24, 2.45) is 5.73 Å². The van der Waals surface area contributed by atoms with Crippen LogP contribution in [-0.4, -0.2) is 13.7 Å². The summed E-state index contributed by atoms with van der Waals surface area (Å²) in [4.78, 5) is 0. The standard InChI is InChI=1S/C13H20FNO/c1-4-11-10(6-5-7-15)8-12(14)9(2)13(11)16-3/h8H,4-7,15H2,1-3H3. The summed E-state index contributed by atoms with van der Waals surface area (Å²) < 4.78 is 19.0. The summed E-state index contributed by atoms with van der Waals surface area (Å²) in [6.07, 6.45) is 2.54. The number of halogens is 1. The van der Waals surface area contributed by atoms with Crippen molar-refractivity contribution >= 4 is 0 Å². The van der Waals surface area contributed by atoms with E-state index in [9.17, 15) is 4.39 Å². The van der Waals surface area contributed by atoms with Crippen LogP contribution in [0.25, 0.3) is 0 Å². The summed E-state index contributed by atoms with van der Waals surface area (Å²) >= 11 is 0. The molecule has 16 heavy (non-hydrogen) atoms. The molecule has 0 saturated carbocycles. The first kappa shape index (κ1) is 13.0. The van der Waals surface area contributed by atoms with E-state index in [1.807, 2.05) is 0 Å². The van der Waals surface area contributed by atoms with Gasteiger partial charge in [-0.3, -0.25) is 0 Å². The van der Waals surface area contributed by atoms with Crippen LogP contribution in [0.1, 0.15) is 30.0 Å². The molecule has 0 aliphatic rings. The zero-order chi connectivity index (χ0) is 12.1. The van der Waals surface area contributed by atoms with Crippen LogP contribution < -0.4 is 10.5 Å². The fourth-order valence-corrected chi connectivity index (χ4v) is 2.01. The first-order valence-corrected chi connectivity index (χ1v) is 5.70. The van der Waals surface area contributed by atoms with E-state index in [-0.39, 0.29) is 5.82 Å². The summed E-state index contributed by atoms with van der Waals surface area (Å²) in [7, 11) is 1.59. The second kappa shape index (κ2) is 5.85. The van der Waals surface area contributed by atoms with Crippen LogP contribution >= 0.6 is 0 Å². The number of rotatable bonds is 5. The van der Waals surface area contributed by atoms with E-state index in [4.69, 9.17) is 10.5 Å². The molecular weight excluding hydrogens is 205 g/mol. The van der Waals surface area contributed by atoms with Gasteiger partial charge in [-0.2, -0.15) is 0 Å². The van der Waals surface area contributed by atoms with Crippen molar-refractivity contribution in [2.45, 2.75) is 33.1 Å². The largest absolute Gasteiger partial charge is 0.496 e. The maximum absolute atomic E-state index is 13.7. The van der Waals surface area contributed by atoms with E-state index in [2.05, 4.69) is 6.92 Å². The van der Waals surface area contributed by atoms with Crippen LogP contribution in [0.15, 0.2) is 6.07 Å². The van der Waals surface area contributed by atoms with Crippen molar-refractivity contribution in [2.75, 3.05) is 13.7 Å². The van der Waals surface area contributed by atoms with Crippen molar-refractivity contribution in [3.05, 3.63) is 28.6 Å². The Hall–Kier alpha value is -1.09. The summed E-state index contributed by atoms with van der Waals surface area (Å²) in [6, 6.07) is 1.62. The average Bonchev–Trinajstić information content (AvgIpc) is 2.29. The van der Waals surface area contributed by atoms with Gasteiger partial charge in [0.1, 0.15) is 11.6 Å². The summed E-state index contributed by atoms with van der Waals surface area (Å²) in [5, 5.41) is 0. The lowest BCUT2D eigenvalue weighted by Gasteiger charge is -2.15. The Balaban J connectivity index is 3.20. The van der Waals surface area contributed by atoms with Gasteiger partial charge in [0.15, 0.2) is 0 Å². The first-order valence-electron chi connectivity index (χ1n) is 5.70. The zero-order valence-electron chi connectivity index (χ0n) is 10.3. The summed E-state index contributed by atoms with van der Waals surface area (Å²) in [6.45, 7) is 4.43. The monoisotopic (exact) mass is 225 g/mol. The smallest absolute Gasteiger partial charge is 0.130 e. The molecule has 0 spiro atoms. The number of ether oxygens (including phenoxy) is 1. The van der Waals surface area contributed by atoms with E-state index in [0.717, 1.165) is 30.4 Å². The van der Waals surface area contributed by atoms with Gasteiger partial charge in [0, 0.05) is 5.56 Å². The Bertz CT molecular complexity index is 363. The van der Waals surface area contributed by atoms with Crippen LogP contribution in [0.5, 0.6) is 5.75 Å². The Kier molecular flexibility index (Phi) is 4.74. The van der Waals surface area contributed by atoms with Gasteiger partial charge in [-0.1, -0.05) is 6.92 Å². The Morgan fingerprint density at radius 3 is 2.62 bits per heavy atom. The second-order valence-electron chi connectivity index (χ2n) is 3.90. The summed E-state index contributed by atoms with van der Waals surface area (Å²) in [5.74, 6) is 0.496. The topological polar surface area (TPSA) is 35.2 Å². The number of hydrogen-bond donors (Lipinski definition) is 1. The minimum absolute atomic E-state index is 0.193. The van der Waals surface area contributed by atoms with Gasteiger partial charge in [-0.05, 0) is 49.9 Å². The normalized spacial score (nSPS) is 10.6. The molecule has 0 aliphatic carbocycles. The fraction of sp³-hybridized carbons (Fsp3) is 0.538. The highest BCUT2D eigenvalue weighted by molar-refractivity contribution is 5.47. The molecule has 0 unspecified atom stereocenters. The van der Waals surface area contributed by atoms with E-state index in [1.165, 1.54) is 0 Å². The third-order valence-electron chi connectivity index (χ3n) is 2.87. The maximum Gasteiger partial charge on any atom is 0.130 e. The maximum atomic E-state index is 13.7. The number of nitrogens with two attached hydrogens (primary N) is 1. The molecule has 0 radical (unpaired) electrons. The third-order valence-corrected chi connectivity index (χ3v) is 2.87. The fourth-order valence-electron chi connectivity index (χ4n) is 2.01. The number of hydrogen-bond acceptors (Lipinski definition) is 2. The van der Waals surface area contributed by atoms with Gasteiger partial charge in [-0.15, -0.1) is 0 Å².